The molecule has 0 aliphatic rings. The number of esters is 3. The maximum Gasteiger partial charge on any atom is 0.342 e. The van der Waals surface area contributed by atoms with E-state index in [9.17, 15) is 19.2 Å². The van der Waals surface area contributed by atoms with Crippen molar-refractivity contribution in [2.45, 2.75) is 27.4 Å². The van der Waals surface area contributed by atoms with Crippen LogP contribution in [0.1, 0.15) is 36.7 Å². The van der Waals surface area contributed by atoms with Gasteiger partial charge in [-0.15, -0.1) is 0 Å². The van der Waals surface area contributed by atoms with Gasteiger partial charge in [-0.2, -0.15) is 0 Å². The Morgan fingerprint density at radius 1 is 0.893 bits per heavy atom. The van der Waals surface area contributed by atoms with Crippen LogP contribution in [0.2, 0.25) is 0 Å². The second-order valence-electron chi connectivity index (χ2n) is 5.76. The zero-order valence-corrected chi connectivity index (χ0v) is 15.6. The van der Waals surface area contributed by atoms with Gasteiger partial charge in [-0.1, -0.05) is 18.2 Å². The summed E-state index contributed by atoms with van der Waals surface area (Å²) in [5.41, 5.74) is 1.01. The van der Waals surface area contributed by atoms with Gasteiger partial charge in [-0.25, -0.2) is 4.79 Å². The molecular formula is C20H19NO7. The summed E-state index contributed by atoms with van der Waals surface area (Å²) in [6, 6.07) is 10.8. The summed E-state index contributed by atoms with van der Waals surface area (Å²) in [7, 11) is 0. The first-order valence-electron chi connectivity index (χ1n) is 8.29. The zero-order chi connectivity index (χ0) is 20.7. The molecule has 2 aromatic carbocycles. The van der Waals surface area contributed by atoms with E-state index in [4.69, 9.17) is 14.2 Å². The average molecular weight is 385 g/mol. The van der Waals surface area contributed by atoms with Crippen molar-refractivity contribution in [2.75, 3.05) is 5.32 Å². The van der Waals surface area contributed by atoms with Gasteiger partial charge in [0.25, 0.3) is 0 Å². The lowest BCUT2D eigenvalue weighted by atomic mass is 10.1. The molecule has 0 aliphatic carbocycles. The average Bonchev–Trinajstić information content (AvgIpc) is 2.60. The van der Waals surface area contributed by atoms with Gasteiger partial charge >= 0.3 is 17.9 Å². The summed E-state index contributed by atoms with van der Waals surface area (Å²) in [6.45, 7) is 3.65. The molecule has 0 aromatic heterocycles. The summed E-state index contributed by atoms with van der Waals surface area (Å²) in [5.74, 6) is -2.15. The molecule has 28 heavy (non-hydrogen) atoms. The van der Waals surface area contributed by atoms with Gasteiger partial charge < -0.3 is 19.5 Å². The van der Waals surface area contributed by atoms with E-state index in [1.165, 1.54) is 39.0 Å². The van der Waals surface area contributed by atoms with Gasteiger partial charge in [-0.05, 0) is 24.3 Å². The Morgan fingerprint density at radius 2 is 1.57 bits per heavy atom. The largest absolute Gasteiger partial charge is 0.457 e. The molecule has 0 unspecified atom stereocenters. The lowest BCUT2D eigenvalue weighted by Gasteiger charge is -2.13. The topological polar surface area (TPSA) is 108 Å². The molecule has 146 valence electrons. The monoisotopic (exact) mass is 385 g/mol. The smallest absolute Gasteiger partial charge is 0.342 e. The first-order chi connectivity index (χ1) is 13.3. The number of ether oxygens (including phenoxy) is 3. The predicted molar refractivity (Wildman–Crippen MR) is 98.9 cm³/mol. The molecule has 2 rings (SSSR count). The van der Waals surface area contributed by atoms with Crippen LogP contribution in [0.4, 0.5) is 5.69 Å². The Labute approximate surface area is 161 Å². The van der Waals surface area contributed by atoms with Crippen molar-refractivity contribution in [2.24, 2.45) is 0 Å². The quantitative estimate of drug-likeness (QED) is 0.602. The van der Waals surface area contributed by atoms with Crippen LogP contribution < -0.4 is 14.8 Å². The fourth-order valence-electron chi connectivity index (χ4n) is 2.32. The molecule has 0 radical (unpaired) electrons. The van der Waals surface area contributed by atoms with Crippen molar-refractivity contribution >= 4 is 29.5 Å². The lowest BCUT2D eigenvalue weighted by molar-refractivity contribution is -0.133. The molecule has 0 fully saturated rings. The number of benzene rings is 2. The van der Waals surface area contributed by atoms with Crippen LogP contribution in [0.5, 0.6) is 11.5 Å². The molecule has 0 aliphatic heterocycles. The summed E-state index contributed by atoms with van der Waals surface area (Å²) < 4.78 is 15.3. The number of carbonyl (C=O) groups excluding carboxylic acids is 4. The number of carbonyl (C=O) groups is 4. The van der Waals surface area contributed by atoms with E-state index in [1.54, 1.807) is 24.3 Å². The Balaban J connectivity index is 2.24. The van der Waals surface area contributed by atoms with Crippen LogP contribution in [0.3, 0.4) is 0 Å². The Hall–Kier alpha value is -3.68. The molecule has 0 spiro atoms. The number of hydrogen-bond donors (Lipinski definition) is 1. The predicted octanol–water partition coefficient (Wildman–Crippen LogP) is 2.85. The van der Waals surface area contributed by atoms with Crippen LogP contribution in [0.15, 0.2) is 42.5 Å². The third kappa shape index (κ3) is 5.94. The van der Waals surface area contributed by atoms with Crippen LogP contribution in [0.25, 0.3) is 0 Å². The second-order valence-corrected chi connectivity index (χ2v) is 5.76. The maximum absolute atomic E-state index is 12.6. The van der Waals surface area contributed by atoms with Gasteiger partial charge in [0.15, 0.2) is 0 Å². The van der Waals surface area contributed by atoms with Crippen molar-refractivity contribution in [3.63, 3.8) is 0 Å². The highest BCUT2D eigenvalue weighted by molar-refractivity contribution is 5.94. The molecule has 1 amide bonds. The normalized spacial score (nSPS) is 9.96. The highest BCUT2D eigenvalue weighted by Gasteiger charge is 2.18. The van der Waals surface area contributed by atoms with Crippen molar-refractivity contribution < 1.29 is 33.4 Å². The van der Waals surface area contributed by atoms with Crippen molar-refractivity contribution in [1.29, 1.82) is 0 Å². The highest BCUT2D eigenvalue weighted by Crippen LogP contribution is 2.26. The number of hydrogen-bond acceptors (Lipinski definition) is 7. The zero-order valence-electron chi connectivity index (χ0n) is 15.6. The van der Waals surface area contributed by atoms with E-state index >= 15 is 0 Å². The molecule has 0 saturated carbocycles. The van der Waals surface area contributed by atoms with E-state index < -0.39 is 17.9 Å². The first-order valence-corrected chi connectivity index (χ1v) is 8.29. The summed E-state index contributed by atoms with van der Waals surface area (Å²) in [6.07, 6.45) is 0. The number of anilines is 1. The van der Waals surface area contributed by atoms with Crippen LogP contribution >= 0.6 is 0 Å². The molecule has 0 bridgehead atoms. The van der Waals surface area contributed by atoms with Gasteiger partial charge in [0.05, 0.1) is 0 Å². The third-order valence-electron chi connectivity index (χ3n) is 3.37. The van der Waals surface area contributed by atoms with Crippen molar-refractivity contribution in [3.05, 3.63) is 53.6 Å². The Morgan fingerprint density at radius 3 is 2.21 bits per heavy atom. The molecule has 8 heteroatoms. The standard InChI is InChI=1S/C20H19NO7/c1-12(22)21-18-7-5-4-6-15(18)11-26-20(25)17-10-16(27-13(2)23)8-9-19(17)28-14(3)24/h4-10H,11H2,1-3H3,(H,21,22). The molecule has 8 nitrogen and oxygen atoms in total. The van der Waals surface area contributed by atoms with Gasteiger partial charge in [-0.3, -0.25) is 14.4 Å². The SMILES string of the molecule is CC(=O)Nc1ccccc1COC(=O)c1cc(OC(C)=O)ccc1OC(C)=O. The minimum absolute atomic E-state index is 0.0245. The van der Waals surface area contributed by atoms with E-state index in [0.29, 0.717) is 11.3 Å². The fraction of sp³-hybridized carbons (Fsp3) is 0.200. The number of para-hydroxylation sites is 1. The molecule has 2 aromatic rings. The van der Waals surface area contributed by atoms with E-state index in [1.807, 2.05) is 0 Å². The lowest BCUT2D eigenvalue weighted by Crippen LogP contribution is -2.13. The molecule has 0 heterocycles. The van der Waals surface area contributed by atoms with E-state index in [2.05, 4.69) is 5.32 Å². The van der Waals surface area contributed by atoms with Crippen LogP contribution in [-0.4, -0.2) is 23.8 Å². The maximum atomic E-state index is 12.6. The van der Waals surface area contributed by atoms with Gasteiger partial charge in [0.1, 0.15) is 23.7 Å². The fourth-order valence-corrected chi connectivity index (χ4v) is 2.32. The van der Waals surface area contributed by atoms with E-state index in [-0.39, 0.29) is 29.6 Å². The van der Waals surface area contributed by atoms with Crippen molar-refractivity contribution in [3.8, 4) is 11.5 Å². The second kappa shape index (κ2) is 9.31. The molecule has 0 atom stereocenters. The number of amides is 1. The van der Waals surface area contributed by atoms with Crippen molar-refractivity contribution in [1.82, 2.24) is 0 Å². The highest BCUT2D eigenvalue weighted by atomic mass is 16.6. The Bertz CT molecular complexity index is 921. The van der Waals surface area contributed by atoms with Gasteiger partial charge in [0.2, 0.25) is 5.91 Å². The molecule has 1 N–H and O–H groups in total. The van der Waals surface area contributed by atoms with Crippen LogP contribution in [0, 0.1) is 0 Å². The minimum Gasteiger partial charge on any atom is -0.457 e. The first kappa shape index (κ1) is 20.6. The van der Waals surface area contributed by atoms with Crippen LogP contribution in [-0.2, 0) is 25.7 Å². The molecule has 0 saturated heterocycles. The number of rotatable bonds is 6. The summed E-state index contributed by atoms with van der Waals surface area (Å²) in [5, 5.41) is 2.65. The van der Waals surface area contributed by atoms with Gasteiger partial charge in [0, 0.05) is 32.0 Å². The minimum atomic E-state index is -0.789. The summed E-state index contributed by atoms with van der Waals surface area (Å²) in [4.78, 5) is 46.3. The molecular weight excluding hydrogens is 366 g/mol. The Kier molecular flexibility index (Phi) is 6.86. The third-order valence-corrected chi connectivity index (χ3v) is 3.37. The van der Waals surface area contributed by atoms with E-state index in [0.717, 1.165) is 0 Å². The summed E-state index contributed by atoms with van der Waals surface area (Å²) >= 11 is 0. The number of nitrogens with one attached hydrogen (secondary N) is 1.